The molecule has 19 heavy (non-hydrogen) atoms. The summed E-state index contributed by atoms with van der Waals surface area (Å²) in [6.45, 7) is 3.26. The summed E-state index contributed by atoms with van der Waals surface area (Å²) < 4.78 is 2.20. The van der Waals surface area contributed by atoms with Crippen LogP contribution in [0.4, 0.5) is 0 Å². The van der Waals surface area contributed by atoms with Crippen molar-refractivity contribution in [3.63, 3.8) is 0 Å². The average molecular weight is 274 g/mol. The van der Waals surface area contributed by atoms with Gasteiger partial charge in [-0.25, -0.2) is 4.98 Å². The van der Waals surface area contributed by atoms with Crippen molar-refractivity contribution in [2.75, 3.05) is 0 Å². The minimum atomic E-state index is 0.358. The zero-order valence-electron chi connectivity index (χ0n) is 11.0. The van der Waals surface area contributed by atoms with Crippen molar-refractivity contribution < 1.29 is 0 Å². The molecule has 0 saturated heterocycles. The SMILES string of the molecule is CC1(Cn2c(CCl)nc3ccc(C#N)cc32)CCC1. The predicted octanol–water partition coefficient (Wildman–Crippen LogP) is 3.84. The molecular weight excluding hydrogens is 258 g/mol. The number of rotatable bonds is 3. The molecule has 0 amide bonds. The first-order valence-electron chi connectivity index (χ1n) is 6.60. The van der Waals surface area contributed by atoms with E-state index in [-0.39, 0.29) is 0 Å². The summed E-state index contributed by atoms with van der Waals surface area (Å²) in [5.74, 6) is 1.31. The normalized spacial score (nSPS) is 17.1. The lowest BCUT2D eigenvalue weighted by Crippen LogP contribution is -2.31. The van der Waals surface area contributed by atoms with Gasteiger partial charge in [-0.2, -0.15) is 5.26 Å². The van der Waals surface area contributed by atoms with E-state index in [1.807, 2.05) is 18.2 Å². The van der Waals surface area contributed by atoms with Crippen LogP contribution in [0.3, 0.4) is 0 Å². The maximum atomic E-state index is 9.04. The van der Waals surface area contributed by atoms with E-state index in [1.165, 1.54) is 19.3 Å². The number of hydrogen-bond acceptors (Lipinski definition) is 2. The van der Waals surface area contributed by atoms with Crippen LogP contribution >= 0.6 is 11.6 Å². The zero-order chi connectivity index (χ0) is 13.5. The molecule has 0 atom stereocenters. The fourth-order valence-electron chi connectivity index (χ4n) is 2.84. The van der Waals surface area contributed by atoms with E-state index in [2.05, 4.69) is 22.5 Å². The summed E-state index contributed by atoms with van der Waals surface area (Å²) in [4.78, 5) is 4.57. The number of hydrogen-bond donors (Lipinski definition) is 0. The fraction of sp³-hybridized carbons (Fsp3) is 0.467. The molecule has 3 rings (SSSR count). The molecular formula is C15H16ClN3. The van der Waals surface area contributed by atoms with Gasteiger partial charge in [0, 0.05) is 6.54 Å². The van der Waals surface area contributed by atoms with Gasteiger partial charge in [-0.3, -0.25) is 0 Å². The van der Waals surface area contributed by atoms with Gasteiger partial charge in [-0.1, -0.05) is 13.3 Å². The zero-order valence-corrected chi connectivity index (χ0v) is 11.7. The molecule has 0 spiro atoms. The Kier molecular flexibility index (Phi) is 2.99. The molecule has 1 saturated carbocycles. The van der Waals surface area contributed by atoms with Gasteiger partial charge >= 0.3 is 0 Å². The second-order valence-corrected chi connectivity index (χ2v) is 5.99. The summed E-state index contributed by atoms with van der Waals surface area (Å²) in [7, 11) is 0. The number of alkyl halides is 1. The summed E-state index contributed by atoms with van der Waals surface area (Å²) in [6, 6.07) is 7.82. The number of nitriles is 1. The van der Waals surface area contributed by atoms with E-state index in [0.717, 1.165) is 23.4 Å². The minimum Gasteiger partial charge on any atom is -0.326 e. The molecule has 1 fully saturated rings. The molecule has 0 aliphatic heterocycles. The number of nitrogens with zero attached hydrogens (tertiary/aromatic N) is 3. The van der Waals surface area contributed by atoms with E-state index < -0.39 is 0 Å². The largest absolute Gasteiger partial charge is 0.326 e. The molecule has 4 heteroatoms. The summed E-state index contributed by atoms with van der Waals surface area (Å²) in [5, 5.41) is 9.04. The van der Waals surface area contributed by atoms with Crippen LogP contribution in [0.1, 0.15) is 37.6 Å². The number of benzene rings is 1. The maximum Gasteiger partial charge on any atom is 0.124 e. The Balaban J connectivity index is 2.11. The molecule has 1 heterocycles. The summed E-state index contributed by atoms with van der Waals surface area (Å²) >= 11 is 6.02. The topological polar surface area (TPSA) is 41.6 Å². The van der Waals surface area contributed by atoms with Gasteiger partial charge < -0.3 is 4.57 Å². The highest BCUT2D eigenvalue weighted by Gasteiger charge is 2.33. The number of fused-ring (bicyclic) bond motifs is 1. The van der Waals surface area contributed by atoms with Crippen LogP contribution < -0.4 is 0 Å². The van der Waals surface area contributed by atoms with Crippen molar-refractivity contribution in [3.8, 4) is 6.07 Å². The monoisotopic (exact) mass is 273 g/mol. The Morgan fingerprint density at radius 3 is 2.84 bits per heavy atom. The molecule has 0 bridgehead atoms. The second-order valence-electron chi connectivity index (χ2n) is 5.73. The second kappa shape index (κ2) is 4.54. The van der Waals surface area contributed by atoms with Crippen LogP contribution in [0.15, 0.2) is 18.2 Å². The maximum absolute atomic E-state index is 9.04. The number of imidazole rings is 1. The fourth-order valence-corrected chi connectivity index (χ4v) is 3.04. The van der Waals surface area contributed by atoms with Crippen molar-refractivity contribution in [1.82, 2.24) is 9.55 Å². The van der Waals surface area contributed by atoms with E-state index in [1.54, 1.807) is 0 Å². The molecule has 0 radical (unpaired) electrons. The Labute approximate surface area is 117 Å². The van der Waals surface area contributed by atoms with Crippen LogP contribution in [0.5, 0.6) is 0 Å². The van der Waals surface area contributed by atoms with Crippen LogP contribution in [0.2, 0.25) is 0 Å². The average Bonchev–Trinajstić information content (AvgIpc) is 2.74. The third-order valence-electron chi connectivity index (χ3n) is 4.18. The lowest BCUT2D eigenvalue weighted by Gasteiger charge is -2.39. The molecule has 3 nitrogen and oxygen atoms in total. The van der Waals surface area contributed by atoms with Gasteiger partial charge in [0.1, 0.15) is 5.82 Å². The Hall–Kier alpha value is -1.53. The van der Waals surface area contributed by atoms with E-state index >= 15 is 0 Å². The minimum absolute atomic E-state index is 0.358. The molecule has 0 N–H and O–H groups in total. The molecule has 0 unspecified atom stereocenters. The van der Waals surface area contributed by atoms with Crippen LogP contribution in [0.25, 0.3) is 11.0 Å². The van der Waals surface area contributed by atoms with E-state index in [0.29, 0.717) is 16.9 Å². The lowest BCUT2D eigenvalue weighted by molar-refractivity contribution is 0.133. The summed E-state index contributed by atoms with van der Waals surface area (Å²) in [6.07, 6.45) is 3.82. The van der Waals surface area contributed by atoms with Gasteiger partial charge in [0.15, 0.2) is 0 Å². The standard InChI is InChI=1S/C15H16ClN3/c1-15(5-2-6-15)10-19-13-7-11(9-17)3-4-12(13)18-14(19)8-16/h3-4,7H,2,5-6,8,10H2,1H3. The van der Waals surface area contributed by atoms with Crippen molar-refractivity contribution >= 4 is 22.6 Å². The van der Waals surface area contributed by atoms with Crippen molar-refractivity contribution in [3.05, 3.63) is 29.6 Å². The highest BCUT2D eigenvalue weighted by atomic mass is 35.5. The first-order chi connectivity index (χ1) is 9.15. The number of aromatic nitrogens is 2. The van der Waals surface area contributed by atoms with Crippen LogP contribution in [-0.4, -0.2) is 9.55 Å². The molecule has 1 aliphatic carbocycles. The summed E-state index contributed by atoms with van der Waals surface area (Å²) in [5.41, 5.74) is 2.99. The Morgan fingerprint density at radius 2 is 2.26 bits per heavy atom. The van der Waals surface area contributed by atoms with Gasteiger partial charge in [0.2, 0.25) is 0 Å². The highest BCUT2D eigenvalue weighted by Crippen LogP contribution is 2.42. The lowest BCUT2D eigenvalue weighted by atomic mass is 9.70. The van der Waals surface area contributed by atoms with Gasteiger partial charge in [-0.05, 0) is 36.5 Å². The van der Waals surface area contributed by atoms with E-state index in [9.17, 15) is 0 Å². The smallest absolute Gasteiger partial charge is 0.124 e. The van der Waals surface area contributed by atoms with Gasteiger partial charge in [0.05, 0.1) is 28.5 Å². The van der Waals surface area contributed by atoms with Crippen molar-refractivity contribution in [2.24, 2.45) is 5.41 Å². The molecule has 1 aromatic carbocycles. The van der Waals surface area contributed by atoms with Crippen molar-refractivity contribution in [1.29, 1.82) is 5.26 Å². The molecule has 1 aliphatic rings. The van der Waals surface area contributed by atoms with Crippen LogP contribution in [-0.2, 0) is 12.4 Å². The highest BCUT2D eigenvalue weighted by molar-refractivity contribution is 6.16. The molecule has 98 valence electrons. The van der Waals surface area contributed by atoms with Gasteiger partial charge in [0.25, 0.3) is 0 Å². The van der Waals surface area contributed by atoms with Crippen LogP contribution in [0, 0.1) is 16.7 Å². The first-order valence-corrected chi connectivity index (χ1v) is 7.14. The Morgan fingerprint density at radius 1 is 1.47 bits per heavy atom. The predicted molar refractivity (Wildman–Crippen MR) is 76.0 cm³/mol. The third-order valence-corrected chi connectivity index (χ3v) is 4.42. The van der Waals surface area contributed by atoms with Crippen molar-refractivity contribution in [2.45, 2.75) is 38.6 Å². The number of halogens is 1. The van der Waals surface area contributed by atoms with E-state index in [4.69, 9.17) is 16.9 Å². The quantitative estimate of drug-likeness (QED) is 0.798. The van der Waals surface area contributed by atoms with Gasteiger partial charge in [-0.15, -0.1) is 11.6 Å². The first kappa shape index (κ1) is 12.5. The molecule has 1 aromatic heterocycles. The molecule has 2 aromatic rings. The Bertz CT molecular complexity index is 662. The third kappa shape index (κ3) is 2.11.